The third kappa shape index (κ3) is 2.40. The second-order valence-electron chi connectivity index (χ2n) is 6.10. The summed E-state index contributed by atoms with van der Waals surface area (Å²) in [5.41, 5.74) is 4.06. The molecule has 1 unspecified atom stereocenters. The minimum absolute atomic E-state index is 0.0512. The lowest BCUT2D eigenvalue weighted by atomic mass is 9.96. The zero-order valence-corrected chi connectivity index (χ0v) is 13.6. The summed E-state index contributed by atoms with van der Waals surface area (Å²) in [6.07, 6.45) is 1.89. The van der Waals surface area contributed by atoms with Crippen LogP contribution in [0.3, 0.4) is 0 Å². The first-order chi connectivity index (χ1) is 11.6. The minimum atomic E-state index is -0.279. The van der Waals surface area contributed by atoms with Gasteiger partial charge in [0.25, 0.3) is 0 Å². The first kappa shape index (κ1) is 14.7. The Balaban J connectivity index is 1.51. The van der Waals surface area contributed by atoms with Crippen molar-refractivity contribution >= 4 is 11.6 Å². The molecule has 3 aromatic rings. The van der Waals surface area contributed by atoms with E-state index in [4.69, 9.17) is 4.74 Å². The average Bonchev–Trinajstić information content (AvgIpc) is 3.17. The molecule has 1 atom stereocenters. The summed E-state index contributed by atoms with van der Waals surface area (Å²) in [7, 11) is 0. The molecular formula is C18H18N4O2. The predicted molar refractivity (Wildman–Crippen MR) is 89.0 cm³/mol. The number of carbonyl (C=O) groups is 1. The molecular weight excluding hydrogens is 304 g/mol. The summed E-state index contributed by atoms with van der Waals surface area (Å²) in [4.78, 5) is 12.6. The van der Waals surface area contributed by atoms with Crippen LogP contribution in [0, 0.1) is 13.8 Å². The van der Waals surface area contributed by atoms with Gasteiger partial charge in [-0.05, 0) is 43.2 Å². The number of hydrogen-bond acceptors (Lipinski definition) is 4. The molecule has 0 bridgehead atoms. The van der Waals surface area contributed by atoms with Gasteiger partial charge in [0, 0.05) is 11.8 Å². The molecule has 0 spiro atoms. The smallest absolute Gasteiger partial charge is 0.231 e. The van der Waals surface area contributed by atoms with E-state index in [1.165, 1.54) is 11.1 Å². The van der Waals surface area contributed by atoms with Crippen LogP contribution in [0.5, 0.6) is 5.75 Å². The van der Waals surface area contributed by atoms with E-state index in [9.17, 15) is 4.79 Å². The van der Waals surface area contributed by atoms with Gasteiger partial charge in [-0.25, -0.2) is 0 Å². The van der Waals surface area contributed by atoms with Crippen molar-refractivity contribution in [2.45, 2.75) is 26.3 Å². The molecule has 122 valence electrons. The zero-order valence-electron chi connectivity index (χ0n) is 13.6. The molecule has 1 N–H and O–H groups in total. The first-order valence-electron chi connectivity index (χ1n) is 7.94. The molecule has 0 radical (unpaired) electrons. The quantitative estimate of drug-likeness (QED) is 0.802. The summed E-state index contributed by atoms with van der Waals surface area (Å²) >= 11 is 0. The maximum absolute atomic E-state index is 12.6. The van der Waals surface area contributed by atoms with Crippen LogP contribution in [0.2, 0.25) is 0 Å². The maximum atomic E-state index is 12.6. The highest BCUT2D eigenvalue weighted by Crippen LogP contribution is 2.36. The van der Waals surface area contributed by atoms with Gasteiger partial charge in [0.05, 0.1) is 6.54 Å². The SMILES string of the molecule is Cc1cc2c(cc1C)C(C(=O)NCc1nnc3ccccn13)CO2. The fourth-order valence-corrected chi connectivity index (χ4v) is 2.99. The molecule has 24 heavy (non-hydrogen) atoms. The Morgan fingerprint density at radius 2 is 2.12 bits per heavy atom. The molecule has 3 heterocycles. The molecule has 0 aliphatic carbocycles. The summed E-state index contributed by atoms with van der Waals surface area (Å²) < 4.78 is 7.55. The predicted octanol–water partition coefficient (Wildman–Crippen LogP) is 2.14. The topological polar surface area (TPSA) is 68.5 Å². The van der Waals surface area contributed by atoms with E-state index >= 15 is 0 Å². The molecule has 0 saturated heterocycles. The fourth-order valence-electron chi connectivity index (χ4n) is 2.99. The molecule has 1 aliphatic rings. The van der Waals surface area contributed by atoms with Crippen molar-refractivity contribution < 1.29 is 9.53 Å². The van der Waals surface area contributed by atoms with Gasteiger partial charge in [0.1, 0.15) is 18.3 Å². The van der Waals surface area contributed by atoms with E-state index in [0.29, 0.717) is 19.0 Å². The number of ether oxygens (including phenoxy) is 1. The zero-order chi connectivity index (χ0) is 16.7. The van der Waals surface area contributed by atoms with Crippen molar-refractivity contribution in [2.24, 2.45) is 0 Å². The van der Waals surface area contributed by atoms with E-state index in [2.05, 4.69) is 15.5 Å². The molecule has 4 rings (SSSR count). The van der Waals surface area contributed by atoms with E-state index in [1.807, 2.05) is 54.8 Å². The second-order valence-corrected chi connectivity index (χ2v) is 6.10. The number of aryl methyl sites for hydroxylation is 2. The van der Waals surface area contributed by atoms with Gasteiger partial charge in [0.2, 0.25) is 5.91 Å². The van der Waals surface area contributed by atoms with Gasteiger partial charge in [0.15, 0.2) is 11.5 Å². The lowest BCUT2D eigenvalue weighted by Crippen LogP contribution is -2.30. The van der Waals surface area contributed by atoms with Crippen LogP contribution in [-0.2, 0) is 11.3 Å². The fraction of sp³-hybridized carbons (Fsp3) is 0.278. The van der Waals surface area contributed by atoms with E-state index in [0.717, 1.165) is 17.0 Å². The van der Waals surface area contributed by atoms with E-state index in [-0.39, 0.29) is 11.8 Å². The lowest BCUT2D eigenvalue weighted by molar-refractivity contribution is -0.122. The van der Waals surface area contributed by atoms with Crippen LogP contribution < -0.4 is 10.1 Å². The van der Waals surface area contributed by atoms with Crippen molar-refractivity contribution in [2.75, 3.05) is 6.61 Å². The van der Waals surface area contributed by atoms with Gasteiger partial charge < -0.3 is 10.1 Å². The molecule has 1 aliphatic heterocycles. The number of fused-ring (bicyclic) bond motifs is 2. The monoisotopic (exact) mass is 322 g/mol. The minimum Gasteiger partial charge on any atom is -0.492 e. The maximum Gasteiger partial charge on any atom is 0.231 e. The Kier molecular flexibility index (Phi) is 3.45. The van der Waals surface area contributed by atoms with Crippen LogP contribution in [0.1, 0.15) is 28.4 Å². The van der Waals surface area contributed by atoms with Crippen LogP contribution in [-0.4, -0.2) is 27.1 Å². The number of nitrogens with one attached hydrogen (secondary N) is 1. The summed E-state index contributed by atoms with van der Waals surface area (Å²) in [6.45, 7) is 4.80. The van der Waals surface area contributed by atoms with E-state index < -0.39 is 0 Å². The standard InChI is InChI=1S/C18H18N4O2/c1-11-7-13-14(10-24-15(13)8-12(11)2)18(23)19-9-17-21-20-16-5-3-4-6-22(16)17/h3-8,14H,9-10H2,1-2H3,(H,19,23). The first-order valence-corrected chi connectivity index (χ1v) is 7.94. The number of nitrogens with zero attached hydrogens (tertiary/aromatic N) is 3. The van der Waals surface area contributed by atoms with Gasteiger partial charge >= 0.3 is 0 Å². The normalized spacial score (nSPS) is 16.0. The van der Waals surface area contributed by atoms with Crippen molar-refractivity contribution in [3.8, 4) is 5.75 Å². The largest absolute Gasteiger partial charge is 0.492 e. The molecule has 1 amide bonds. The van der Waals surface area contributed by atoms with Crippen LogP contribution in [0.25, 0.3) is 5.65 Å². The number of carbonyl (C=O) groups excluding carboxylic acids is 1. The highest BCUT2D eigenvalue weighted by atomic mass is 16.5. The van der Waals surface area contributed by atoms with Crippen molar-refractivity contribution in [1.29, 1.82) is 0 Å². The third-order valence-corrected chi connectivity index (χ3v) is 4.53. The summed E-state index contributed by atoms with van der Waals surface area (Å²) in [5, 5.41) is 11.2. The highest BCUT2D eigenvalue weighted by molar-refractivity contribution is 5.85. The molecule has 6 nitrogen and oxygen atoms in total. The van der Waals surface area contributed by atoms with Crippen LogP contribution in [0.15, 0.2) is 36.5 Å². The summed E-state index contributed by atoms with van der Waals surface area (Å²) in [6, 6.07) is 9.75. The average molecular weight is 322 g/mol. The number of hydrogen-bond donors (Lipinski definition) is 1. The van der Waals surface area contributed by atoms with Gasteiger partial charge in [-0.1, -0.05) is 12.1 Å². The van der Waals surface area contributed by atoms with Crippen molar-refractivity contribution in [3.63, 3.8) is 0 Å². The lowest BCUT2D eigenvalue weighted by Gasteiger charge is -2.10. The molecule has 0 saturated carbocycles. The van der Waals surface area contributed by atoms with Gasteiger partial charge in [-0.2, -0.15) is 0 Å². The third-order valence-electron chi connectivity index (χ3n) is 4.53. The Bertz CT molecular complexity index is 932. The van der Waals surface area contributed by atoms with Crippen molar-refractivity contribution in [1.82, 2.24) is 19.9 Å². The number of pyridine rings is 1. The molecule has 1 aromatic carbocycles. The second kappa shape index (κ2) is 5.63. The number of amides is 1. The highest BCUT2D eigenvalue weighted by Gasteiger charge is 2.30. The Hall–Kier alpha value is -2.89. The Morgan fingerprint density at radius 3 is 3.00 bits per heavy atom. The van der Waals surface area contributed by atoms with Crippen molar-refractivity contribution in [3.05, 3.63) is 59.0 Å². The van der Waals surface area contributed by atoms with E-state index in [1.54, 1.807) is 0 Å². The Labute approximate surface area is 139 Å². The van der Waals surface area contributed by atoms with Gasteiger partial charge in [-0.15, -0.1) is 10.2 Å². The van der Waals surface area contributed by atoms with Crippen LogP contribution in [0.4, 0.5) is 0 Å². The molecule has 6 heteroatoms. The Morgan fingerprint density at radius 1 is 1.29 bits per heavy atom. The number of rotatable bonds is 3. The molecule has 0 fully saturated rings. The molecule has 2 aromatic heterocycles. The van der Waals surface area contributed by atoms with Crippen LogP contribution >= 0.6 is 0 Å². The number of aromatic nitrogens is 3. The van der Waals surface area contributed by atoms with Gasteiger partial charge in [-0.3, -0.25) is 9.20 Å². The summed E-state index contributed by atoms with van der Waals surface area (Å²) in [5.74, 6) is 1.19. The number of benzene rings is 1.